The molecule has 0 aliphatic heterocycles. The molecule has 0 radical (unpaired) electrons. The highest BCUT2D eigenvalue weighted by Gasteiger charge is 2.51. The molecule has 2 nitrogen and oxygen atoms in total. The SMILES string of the molecule is CCCCCCCCCCCC[C@H](C=O)O[Si](c1ccccc1)(c1ccccc1)C(C)(C)C. The van der Waals surface area contributed by atoms with Gasteiger partial charge >= 0.3 is 0 Å². The van der Waals surface area contributed by atoms with E-state index in [-0.39, 0.29) is 11.1 Å². The van der Waals surface area contributed by atoms with Crippen LogP contribution in [0.2, 0.25) is 5.04 Å². The van der Waals surface area contributed by atoms with Gasteiger partial charge in [-0.15, -0.1) is 0 Å². The van der Waals surface area contributed by atoms with E-state index >= 15 is 0 Å². The normalized spacial score (nSPS) is 13.1. The van der Waals surface area contributed by atoms with E-state index in [4.69, 9.17) is 4.43 Å². The first-order valence-corrected chi connectivity index (χ1v) is 15.1. The van der Waals surface area contributed by atoms with Gasteiger partial charge in [0.2, 0.25) is 0 Å². The van der Waals surface area contributed by atoms with Gasteiger partial charge in [-0.25, -0.2) is 0 Å². The van der Waals surface area contributed by atoms with Crippen LogP contribution in [0.5, 0.6) is 0 Å². The lowest BCUT2D eigenvalue weighted by molar-refractivity contribution is -0.114. The van der Waals surface area contributed by atoms with Crippen LogP contribution in [0.4, 0.5) is 0 Å². The summed E-state index contributed by atoms with van der Waals surface area (Å²) in [7, 11) is -2.66. The van der Waals surface area contributed by atoms with Crippen LogP contribution in [-0.2, 0) is 9.22 Å². The number of hydrogen-bond acceptors (Lipinski definition) is 2. The van der Waals surface area contributed by atoms with Gasteiger partial charge in [-0.3, -0.25) is 0 Å². The Morgan fingerprint density at radius 1 is 0.727 bits per heavy atom. The second-order valence-corrected chi connectivity index (χ2v) is 14.7. The van der Waals surface area contributed by atoms with E-state index in [9.17, 15) is 4.79 Å². The van der Waals surface area contributed by atoms with E-state index in [2.05, 4.69) is 88.4 Å². The average Bonchev–Trinajstić information content (AvgIpc) is 2.82. The Kier molecular flexibility index (Phi) is 12.1. The predicted octanol–water partition coefficient (Wildman–Crippen LogP) is 7.44. The maximum absolute atomic E-state index is 12.2. The summed E-state index contributed by atoms with van der Waals surface area (Å²) in [5.41, 5.74) is 0. The van der Waals surface area contributed by atoms with E-state index in [1.807, 2.05) is 0 Å². The molecule has 0 saturated carbocycles. The van der Waals surface area contributed by atoms with Crippen LogP contribution >= 0.6 is 0 Å². The van der Waals surface area contributed by atoms with Gasteiger partial charge in [0.1, 0.15) is 12.4 Å². The van der Waals surface area contributed by atoms with Crippen molar-refractivity contribution in [3.05, 3.63) is 60.7 Å². The lowest BCUT2D eigenvalue weighted by Gasteiger charge is -2.44. The molecule has 0 unspecified atom stereocenters. The van der Waals surface area contributed by atoms with Crippen molar-refractivity contribution in [2.24, 2.45) is 0 Å². The number of rotatable bonds is 16. The molecule has 1 atom stereocenters. The smallest absolute Gasteiger partial charge is 0.262 e. The van der Waals surface area contributed by atoms with Gasteiger partial charge in [0.25, 0.3) is 8.32 Å². The van der Waals surface area contributed by atoms with E-state index in [0.717, 1.165) is 19.1 Å². The summed E-state index contributed by atoms with van der Waals surface area (Å²) in [6.45, 7) is 9.06. The molecule has 33 heavy (non-hydrogen) atoms. The van der Waals surface area contributed by atoms with E-state index in [0.29, 0.717) is 0 Å². The Hall–Kier alpha value is -1.71. The molecular formula is C30H46O2Si. The number of aldehydes is 1. The first-order chi connectivity index (χ1) is 16.0. The fourth-order valence-corrected chi connectivity index (χ4v) is 9.55. The van der Waals surface area contributed by atoms with Crippen molar-refractivity contribution in [3.63, 3.8) is 0 Å². The zero-order chi connectivity index (χ0) is 24.0. The minimum absolute atomic E-state index is 0.102. The third-order valence-corrected chi connectivity index (χ3v) is 11.8. The summed E-state index contributed by atoms with van der Waals surface area (Å²) < 4.78 is 6.98. The fraction of sp³-hybridized carbons (Fsp3) is 0.567. The van der Waals surface area contributed by atoms with Gasteiger partial charge in [0, 0.05) is 0 Å². The molecule has 2 rings (SSSR count). The van der Waals surface area contributed by atoms with Gasteiger partial charge < -0.3 is 9.22 Å². The van der Waals surface area contributed by atoms with Crippen LogP contribution in [0.1, 0.15) is 98.3 Å². The quantitative estimate of drug-likeness (QED) is 0.146. The van der Waals surface area contributed by atoms with Gasteiger partial charge in [-0.2, -0.15) is 0 Å². The molecule has 0 heterocycles. The Bertz CT molecular complexity index is 727. The van der Waals surface area contributed by atoms with Crippen LogP contribution in [0.25, 0.3) is 0 Å². The van der Waals surface area contributed by atoms with Crippen LogP contribution in [0, 0.1) is 0 Å². The number of carbonyl (C=O) groups is 1. The zero-order valence-corrected chi connectivity index (χ0v) is 22.5. The molecule has 2 aromatic rings. The minimum Gasteiger partial charge on any atom is -0.398 e. The van der Waals surface area contributed by atoms with Gasteiger partial charge in [-0.05, 0) is 21.8 Å². The Morgan fingerprint density at radius 2 is 1.15 bits per heavy atom. The van der Waals surface area contributed by atoms with Crippen molar-refractivity contribution in [3.8, 4) is 0 Å². The van der Waals surface area contributed by atoms with Crippen LogP contribution in [0.15, 0.2) is 60.7 Å². The van der Waals surface area contributed by atoms with E-state index in [1.54, 1.807) is 0 Å². The molecule has 0 bridgehead atoms. The maximum Gasteiger partial charge on any atom is 0.262 e. The molecule has 3 heteroatoms. The zero-order valence-electron chi connectivity index (χ0n) is 21.5. The molecule has 182 valence electrons. The van der Waals surface area contributed by atoms with E-state index in [1.165, 1.54) is 68.2 Å². The highest BCUT2D eigenvalue weighted by Crippen LogP contribution is 2.37. The second-order valence-electron chi connectivity index (χ2n) is 10.4. The first kappa shape index (κ1) is 27.5. The molecule has 0 aromatic heterocycles. The highest BCUT2D eigenvalue weighted by atomic mass is 28.4. The number of unbranched alkanes of at least 4 members (excludes halogenated alkanes) is 9. The number of carbonyl (C=O) groups excluding carboxylic acids is 1. The van der Waals surface area contributed by atoms with Crippen molar-refractivity contribution >= 4 is 25.0 Å². The first-order valence-electron chi connectivity index (χ1n) is 13.2. The predicted molar refractivity (Wildman–Crippen MR) is 145 cm³/mol. The minimum atomic E-state index is -2.66. The highest BCUT2D eigenvalue weighted by molar-refractivity contribution is 6.99. The molecule has 2 aromatic carbocycles. The van der Waals surface area contributed by atoms with E-state index < -0.39 is 8.32 Å². The maximum atomic E-state index is 12.2. The van der Waals surface area contributed by atoms with Crippen molar-refractivity contribution in [1.82, 2.24) is 0 Å². The van der Waals surface area contributed by atoms with Gasteiger partial charge in [-0.1, -0.05) is 153 Å². The summed E-state index contributed by atoms with van der Waals surface area (Å²) >= 11 is 0. The number of benzene rings is 2. The summed E-state index contributed by atoms with van der Waals surface area (Å²) in [5, 5.41) is 2.37. The summed E-state index contributed by atoms with van der Waals surface area (Å²) in [4.78, 5) is 12.2. The van der Waals surface area contributed by atoms with Crippen LogP contribution in [0.3, 0.4) is 0 Å². The molecule has 0 fully saturated rings. The summed E-state index contributed by atoms with van der Waals surface area (Å²) in [6, 6.07) is 21.2. The standard InChI is InChI=1S/C30H46O2Si/c1-5-6-7-8-9-10-11-12-13-16-21-27(26-31)32-33(30(2,3)4,28-22-17-14-18-23-28)29-24-19-15-20-25-29/h14-15,17-20,22-27H,5-13,16,21H2,1-4H3/t27-/m1/s1. The largest absolute Gasteiger partial charge is 0.398 e. The topological polar surface area (TPSA) is 26.3 Å². The third kappa shape index (κ3) is 8.22. The second kappa shape index (κ2) is 14.5. The van der Waals surface area contributed by atoms with Crippen molar-refractivity contribution < 1.29 is 9.22 Å². The molecular weight excluding hydrogens is 420 g/mol. The molecule has 0 aliphatic rings. The lowest BCUT2D eigenvalue weighted by Crippen LogP contribution is -2.67. The molecule has 0 spiro atoms. The monoisotopic (exact) mass is 466 g/mol. The molecule has 0 saturated heterocycles. The summed E-state index contributed by atoms with van der Waals surface area (Å²) in [6.07, 6.45) is 14.5. The number of hydrogen-bond donors (Lipinski definition) is 0. The van der Waals surface area contributed by atoms with Crippen LogP contribution < -0.4 is 10.4 Å². The molecule has 0 N–H and O–H groups in total. The fourth-order valence-electron chi connectivity index (χ4n) is 4.91. The van der Waals surface area contributed by atoms with Crippen molar-refractivity contribution in [2.45, 2.75) is 109 Å². The Labute approximate surface area is 204 Å². The molecule has 0 amide bonds. The Balaban J connectivity index is 2.03. The van der Waals surface area contributed by atoms with Crippen molar-refractivity contribution in [2.75, 3.05) is 0 Å². The van der Waals surface area contributed by atoms with Crippen molar-refractivity contribution in [1.29, 1.82) is 0 Å². The average molecular weight is 467 g/mol. The van der Waals surface area contributed by atoms with Gasteiger partial charge in [0.05, 0.1) is 0 Å². The van der Waals surface area contributed by atoms with Gasteiger partial charge in [0.15, 0.2) is 0 Å². The molecule has 0 aliphatic carbocycles. The summed E-state index contributed by atoms with van der Waals surface area (Å²) in [5.74, 6) is 0. The lowest BCUT2D eigenvalue weighted by atomic mass is 10.0. The van der Waals surface area contributed by atoms with Crippen LogP contribution in [-0.4, -0.2) is 20.7 Å². The Morgan fingerprint density at radius 3 is 1.55 bits per heavy atom. The third-order valence-electron chi connectivity index (χ3n) is 6.74.